The second kappa shape index (κ2) is 5.39. The van der Waals surface area contributed by atoms with Crippen molar-refractivity contribution in [2.24, 2.45) is 0 Å². The molecule has 0 fully saturated rings. The number of aromatic nitrogens is 2. The molecule has 0 aliphatic carbocycles. The Hall–Kier alpha value is -1.97. The Kier molecular flexibility index (Phi) is 3.65. The van der Waals surface area contributed by atoms with E-state index in [-0.39, 0.29) is 5.91 Å². The first-order valence-electron chi connectivity index (χ1n) is 5.80. The first-order valence-corrected chi connectivity index (χ1v) is 5.80. The molecule has 4 heteroatoms. The van der Waals surface area contributed by atoms with Crippen molar-refractivity contribution in [1.29, 1.82) is 0 Å². The minimum absolute atomic E-state index is 0.0510. The van der Waals surface area contributed by atoms with E-state index in [1.807, 2.05) is 18.2 Å². The number of benzene rings is 1. The van der Waals surface area contributed by atoms with Crippen molar-refractivity contribution in [1.82, 2.24) is 9.97 Å². The molecule has 1 aromatic carbocycles. The highest BCUT2D eigenvalue weighted by molar-refractivity contribution is 5.92. The molecule has 0 bridgehead atoms. The number of carbonyl (C=O) groups is 1. The third-order valence-corrected chi connectivity index (χ3v) is 2.51. The van der Waals surface area contributed by atoms with Gasteiger partial charge in [-0.1, -0.05) is 13.3 Å². The van der Waals surface area contributed by atoms with Crippen molar-refractivity contribution in [3.63, 3.8) is 0 Å². The van der Waals surface area contributed by atoms with Crippen LogP contribution in [0, 0.1) is 0 Å². The number of nitrogens with zero attached hydrogens (tertiary/aromatic N) is 2. The van der Waals surface area contributed by atoms with Gasteiger partial charge in [0, 0.05) is 24.5 Å². The van der Waals surface area contributed by atoms with E-state index in [4.69, 9.17) is 0 Å². The van der Waals surface area contributed by atoms with Crippen LogP contribution in [-0.2, 0) is 4.79 Å². The molecule has 0 radical (unpaired) electrons. The second-order valence-electron chi connectivity index (χ2n) is 3.91. The molecule has 1 N–H and O–H groups in total. The Labute approximate surface area is 100 Å². The second-order valence-corrected chi connectivity index (χ2v) is 3.91. The summed E-state index contributed by atoms with van der Waals surface area (Å²) in [5.74, 6) is 0.0510. The zero-order valence-corrected chi connectivity index (χ0v) is 9.81. The Morgan fingerprint density at radius 1 is 1.24 bits per heavy atom. The molecule has 0 aliphatic rings. The monoisotopic (exact) mass is 229 g/mol. The summed E-state index contributed by atoms with van der Waals surface area (Å²) in [6.45, 7) is 2.07. The molecule has 0 atom stereocenters. The molecule has 4 nitrogen and oxygen atoms in total. The normalized spacial score (nSPS) is 10.4. The topological polar surface area (TPSA) is 54.9 Å². The Morgan fingerprint density at radius 2 is 2.00 bits per heavy atom. The van der Waals surface area contributed by atoms with Crippen LogP contribution in [0.1, 0.15) is 26.2 Å². The summed E-state index contributed by atoms with van der Waals surface area (Å²) in [5.41, 5.74) is 2.40. The van der Waals surface area contributed by atoms with Gasteiger partial charge in [0.25, 0.3) is 0 Å². The lowest BCUT2D eigenvalue weighted by molar-refractivity contribution is -0.116. The molecule has 1 amide bonds. The predicted octanol–water partition coefficient (Wildman–Crippen LogP) is 2.76. The Morgan fingerprint density at radius 3 is 2.76 bits per heavy atom. The van der Waals surface area contributed by atoms with Crippen molar-refractivity contribution in [2.45, 2.75) is 26.2 Å². The van der Waals surface area contributed by atoms with Crippen LogP contribution in [-0.4, -0.2) is 15.9 Å². The molecule has 0 aliphatic heterocycles. The number of carbonyl (C=O) groups excluding carboxylic acids is 1. The van der Waals surface area contributed by atoms with Crippen molar-refractivity contribution in [3.8, 4) is 0 Å². The number of nitrogens with one attached hydrogen (secondary N) is 1. The third kappa shape index (κ3) is 3.00. The lowest BCUT2D eigenvalue weighted by Gasteiger charge is -2.05. The summed E-state index contributed by atoms with van der Waals surface area (Å²) in [6, 6.07) is 5.55. The van der Waals surface area contributed by atoms with E-state index in [0.717, 1.165) is 29.6 Å². The van der Waals surface area contributed by atoms with Gasteiger partial charge in [0.2, 0.25) is 5.91 Å². The standard InChI is InChI=1S/C13H15N3O/c1-2-3-4-13(17)16-10-5-6-11-12(9-10)15-8-7-14-11/h5-9H,2-4H2,1H3,(H,16,17). The van der Waals surface area contributed by atoms with E-state index in [2.05, 4.69) is 22.2 Å². The molecular weight excluding hydrogens is 214 g/mol. The van der Waals surface area contributed by atoms with E-state index in [9.17, 15) is 4.79 Å². The van der Waals surface area contributed by atoms with Gasteiger partial charge in [0.15, 0.2) is 0 Å². The fourth-order valence-electron chi connectivity index (χ4n) is 1.60. The largest absolute Gasteiger partial charge is 0.326 e. The van der Waals surface area contributed by atoms with Gasteiger partial charge in [0.05, 0.1) is 11.0 Å². The maximum Gasteiger partial charge on any atom is 0.224 e. The number of anilines is 1. The van der Waals surface area contributed by atoms with Crippen LogP contribution in [0.4, 0.5) is 5.69 Å². The average Bonchev–Trinajstić information content (AvgIpc) is 2.36. The van der Waals surface area contributed by atoms with Gasteiger partial charge in [-0.3, -0.25) is 14.8 Å². The van der Waals surface area contributed by atoms with Gasteiger partial charge < -0.3 is 5.32 Å². The lowest BCUT2D eigenvalue weighted by atomic mass is 10.2. The molecule has 2 rings (SSSR count). The first kappa shape index (κ1) is 11.5. The molecule has 2 aromatic rings. The van der Waals surface area contributed by atoms with E-state index < -0.39 is 0 Å². The van der Waals surface area contributed by atoms with Crippen molar-refractivity contribution in [2.75, 3.05) is 5.32 Å². The molecule has 0 unspecified atom stereocenters. The van der Waals surface area contributed by atoms with E-state index in [1.165, 1.54) is 0 Å². The number of hydrogen-bond donors (Lipinski definition) is 1. The maximum absolute atomic E-state index is 11.6. The molecule has 17 heavy (non-hydrogen) atoms. The number of amides is 1. The molecule has 1 heterocycles. The summed E-state index contributed by atoms with van der Waals surface area (Å²) in [6.07, 6.45) is 5.80. The molecule has 0 spiro atoms. The number of unbranched alkanes of at least 4 members (excludes halogenated alkanes) is 1. The van der Waals surface area contributed by atoms with E-state index in [0.29, 0.717) is 6.42 Å². The van der Waals surface area contributed by atoms with Gasteiger partial charge in [0.1, 0.15) is 0 Å². The smallest absolute Gasteiger partial charge is 0.224 e. The zero-order valence-electron chi connectivity index (χ0n) is 9.81. The van der Waals surface area contributed by atoms with Gasteiger partial charge in [-0.2, -0.15) is 0 Å². The summed E-state index contributed by atoms with van der Waals surface area (Å²) in [7, 11) is 0. The quantitative estimate of drug-likeness (QED) is 0.877. The molecule has 0 saturated carbocycles. The third-order valence-electron chi connectivity index (χ3n) is 2.51. The predicted molar refractivity (Wildman–Crippen MR) is 67.7 cm³/mol. The molecular formula is C13H15N3O. The highest BCUT2D eigenvalue weighted by atomic mass is 16.1. The number of fused-ring (bicyclic) bond motifs is 1. The Balaban J connectivity index is 2.11. The van der Waals surface area contributed by atoms with Crippen LogP contribution in [0.2, 0.25) is 0 Å². The number of hydrogen-bond acceptors (Lipinski definition) is 3. The van der Waals surface area contributed by atoms with Gasteiger partial charge in [-0.25, -0.2) is 0 Å². The van der Waals surface area contributed by atoms with Crippen LogP contribution in [0.5, 0.6) is 0 Å². The molecule has 1 aromatic heterocycles. The maximum atomic E-state index is 11.6. The zero-order chi connectivity index (χ0) is 12.1. The fraction of sp³-hybridized carbons (Fsp3) is 0.308. The van der Waals surface area contributed by atoms with Crippen LogP contribution in [0.3, 0.4) is 0 Å². The van der Waals surface area contributed by atoms with Crippen molar-refractivity contribution < 1.29 is 4.79 Å². The summed E-state index contributed by atoms with van der Waals surface area (Å²) >= 11 is 0. The fourth-order valence-corrected chi connectivity index (χ4v) is 1.60. The van der Waals surface area contributed by atoms with Crippen LogP contribution in [0.15, 0.2) is 30.6 Å². The molecule has 0 saturated heterocycles. The minimum Gasteiger partial charge on any atom is -0.326 e. The van der Waals surface area contributed by atoms with E-state index in [1.54, 1.807) is 12.4 Å². The van der Waals surface area contributed by atoms with Crippen LogP contribution in [0.25, 0.3) is 11.0 Å². The minimum atomic E-state index is 0.0510. The highest BCUT2D eigenvalue weighted by Crippen LogP contribution is 2.15. The van der Waals surface area contributed by atoms with E-state index >= 15 is 0 Å². The Bertz CT molecular complexity index is 525. The van der Waals surface area contributed by atoms with Crippen molar-refractivity contribution in [3.05, 3.63) is 30.6 Å². The van der Waals surface area contributed by atoms with Gasteiger partial charge >= 0.3 is 0 Å². The lowest BCUT2D eigenvalue weighted by Crippen LogP contribution is -2.10. The van der Waals surface area contributed by atoms with Crippen LogP contribution < -0.4 is 5.32 Å². The van der Waals surface area contributed by atoms with Gasteiger partial charge in [-0.05, 0) is 24.6 Å². The SMILES string of the molecule is CCCCC(=O)Nc1ccc2nccnc2c1. The number of rotatable bonds is 4. The van der Waals surface area contributed by atoms with Gasteiger partial charge in [-0.15, -0.1) is 0 Å². The highest BCUT2D eigenvalue weighted by Gasteiger charge is 2.02. The summed E-state index contributed by atoms with van der Waals surface area (Å²) < 4.78 is 0. The molecule has 88 valence electrons. The average molecular weight is 229 g/mol. The van der Waals surface area contributed by atoms with Crippen molar-refractivity contribution >= 4 is 22.6 Å². The van der Waals surface area contributed by atoms with Crippen LogP contribution >= 0.6 is 0 Å². The summed E-state index contributed by atoms with van der Waals surface area (Å²) in [5, 5.41) is 2.86. The summed E-state index contributed by atoms with van der Waals surface area (Å²) in [4.78, 5) is 19.9. The first-order chi connectivity index (χ1) is 8.29.